The van der Waals surface area contributed by atoms with Gasteiger partial charge in [-0.1, -0.05) is 82.1 Å². The molecule has 0 aromatic heterocycles. The van der Waals surface area contributed by atoms with E-state index in [4.69, 9.17) is 15.9 Å². The van der Waals surface area contributed by atoms with E-state index in [9.17, 15) is 28.8 Å². The zero-order chi connectivity index (χ0) is 38.0. The summed E-state index contributed by atoms with van der Waals surface area (Å²) in [5, 5.41) is 2.91. The lowest BCUT2D eigenvalue weighted by atomic mass is 9.76. The van der Waals surface area contributed by atoms with Crippen LogP contribution in [0.3, 0.4) is 0 Å². The molecule has 11 nitrogen and oxygen atoms in total. The van der Waals surface area contributed by atoms with Crippen LogP contribution in [0.25, 0.3) is 0 Å². The third-order valence-corrected chi connectivity index (χ3v) is 10.9. The molecule has 2 rings (SSSR count). The first-order valence-corrected chi connectivity index (χ1v) is 18.7. The molecular weight excluding hydrogens is 638 g/mol. The molecular formula is C39H63N3O8. The molecule has 0 radical (unpaired) electrons. The van der Waals surface area contributed by atoms with Gasteiger partial charge in [-0.3, -0.25) is 24.0 Å². The van der Waals surface area contributed by atoms with Crippen LogP contribution in [0.15, 0.2) is 0 Å². The highest BCUT2D eigenvalue weighted by Crippen LogP contribution is 2.31. The summed E-state index contributed by atoms with van der Waals surface area (Å²) in [5.74, 6) is -4.30. The second-order valence-electron chi connectivity index (χ2n) is 15.3. The van der Waals surface area contributed by atoms with Crippen molar-refractivity contribution in [3.8, 4) is 12.3 Å². The molecule has 11 heteroatoms. The molecule has 50 heavy (non-hydrogen) atoms. The number of hydrogen-bond acceptors (Lipinski definition) is 8. The van der Waals surface area contributed by atoms with Crippen molar-refractivity contribution in [3.05, 3.63) is 0 Å². The molecule has 3 amide bonds. The Morgan fingerprint density at radius 3 is 2.02 bits per heavy atom. The monoisotopic (exact) mass is 701 g/mol. The summed E-state index contributed by atoms with van der Waals surface area (Å²) in [5.41, 5.74) is 0. The number of Topliss-reactive ketones (excluding diaryl/α,β-unsaturated/α-hetero) is 1. The van der Waals surface area contributed by atoms with Crippen LogP contribution in [0.5, 0.6) is 0 Å². The van der Waals surface area contributed by atoms with Gasteiger partial charge in [0.1, 0.15) is 18.2 Å². The number of nitrogens with one attached hydrogen (secondary N) is 1. The van der Waals surface area contributed by atoms with E-state index in [1.54, 1.807) is 34.7 Å². The van der Waals surface area contributed by atoms with Crippen LogP contribution in [0.4, 0.5) is 0 Å². The first kappa shape index (κ1) is 42.7. The fourth-order valence-electron chi connectivity index (χ4n) is 7.19. The molecule has 0 spiro atoms. The van der Waals surface area contributed by atoms with Crippen molar-refractivity contribution >= 4 is 35.4 Å². The lowest BCUT2D eigenvalue weighted by molar-refractivity contribution is -0.172. The van der Waals surface area contributed by atoms with E-state index < -0.39 is 83.7 Å². The van der Waals surface area contributed by atoms with Gasteiger partial charge in [0.25, 0.3) is 5.91 Å². The summed E-state index contributed by atoms with van der Waals surface area (Å²) >= 11 is 0. The van der Waals surface area contributed by atoms with Gasteiger partial charge in [0.15, 0.2) is 11.9 Å². The largest absolute Gasteiger partial charge is 0.460 e. The normalized spacial score (nSPS) is 30.9. The molecule has 1 N–H and O–H groups in total. The number of unbranched alkanes of at least 4 members (excludes halogenated alkanes) is 1. The third-order valence-electron chi connectivity index (χ3n) is 10.9. The van der Waals surface area contributed by atoms with Gasteiger partial charge in [0.2, 0.25) is 11.8 Å². The van der Waals surface area contributed by atoms with Gasteiger partial charge in [0.05, 0.1) is 17.9 Å². The Labute approximate surface area is 300 Å². The Morgan fingerprint density at radius 1 is 0.860 bits per heavy atom. The molecule has 2 saturated heterocycles. The van der Waals surface area contributed by atoms with Crippen molar-refractivity contribution in [2.24, 2.45) is 41.4 Å². The van der Waals surface area contributed by atoms with E-state index in [0.29, 0.717) is 51.5 Å². The van der Waals surface area contributed by atoms with Crippen LogP contribution in [0.1, 0.15) is 114 Å². The first-order chi connectivity index (χ1) is 23.4. The summed E-state index contributed by atoms with van der Waals surface area (Å²) in [6.45, 7) is 18.4. The summed E-state index contributed by atoms with van der Waals surface area (Å²) in [4.78, 5) is 87.4. The van der Waals surface area contributed by atoms with Crippen molar-refractivity contribution in [1.82, 2.24) is 15.1 Å². The summed E-state index contributed by atoms with van der Waals surface area (Å²) in [6.07, 6.45) is 6.74. The molecule has 0 saturated carbocycles. The van der Waals surface area contributed by atoms with E-state index in [1.165, 1.54) is 9.80 Å². The number of cyclic esters (lactones) is 2. The molecule has 10 atom stereocenters. The Kier molecular flexibility index (Phi) is 16.5. The highest BCUT2D eigenvalue weighted by Gasteiger charge is 2.46. The predicted octanol–water partition coefficient (Wildman–Crippen LogP) is 4.79. The minimum absolute atomic E-state index is 0.270. The van der Waals surface area contributed by atoms with Gasteiger partial charge in [-0.15, -0.1) is 12.3 Å². The number of fused-ring (bicyclic) bond motifs is 1. The molecule has 2 fully saturated rings. The summed E-state index contributed by atoms with van der Waals surface area (Å²) in [7, 11) is 1.55. The lowest BCUT2D eigenvalue weighted by Gasteiger charge is -2.37. The highest BCUT2D eigenvalue weighted by atomic mass is 16.6. The number of ketones is 1. The molecule has 10 unspecified atom stereocenters. The number of amides is 3. The van der Waals surface area contributed by atoms with E-state index in [-0.39, 0.29) is 23.5 Å². The number of likely N-dealkylation sites (N-methyl/N-ethyl adjacent to an activating group) is 1. The van der Waals surface area contributed by atoms with Gasteiger partial charge < -0.3 is 24.6 Å². The molecule has 0 aromatic rings. The Morgan fingerprint density at radius 2 is 1.48 bits per heavy atom. The standard InChI is InChI=1S/C39H63N3O8/c1-13-16-17-20-29-26(10)35(44)40-31(22(4)5)33(43)27(11)30(24(8)14-2)38(47)50-34(23(6)7)37(46)42-21-18-19-28(42)36(45)41(12)32(25(9)15-3)39(48)49-29/h1,22-32,34H,14-21H2,2-12H3,(H,40,44). The molecule has 2 aliphatic rings. The Balaban J connectivity index is 2.76. The van der Waals surface area contributed by atoms with Crippen LogP contribution in [-0.4, -0.2) is 89.2 Å². The highest BCUT2D eigenvalue weighted by molar-refractivity contribution is 5.96. The van der Waals surface area contributed by atoms with Crippen molar-refractivity contribution in [2.75, 3.05) is 13.6 Å². The topological polar surface area (TPSA) is 139 Å². The molecule has 0 aromatic carbocycles. The summed E-state index contributed by atoms with van der Waals surface area (Å²) < 4.78 is 12.1. The fourth-order valence-corrected chi connectivity index (χ4v) is 7.19. The van der Waals surface area contributed by atoms with Crippen molar-refractivity contribution in [3.63, 3.8) is 0 Å². The lowest BCUT2D eigenvalue weighted by Crippen LogP contribution is -2.56. The van der Waals surface area contributed by atoms with Gasteiger partial charge in [-0.05, 0) is 49.4 Å². The molecule has 0 aliphatic carbocycles. The van der Waals surface area contributed by atoms with Crippen LogP contribution >= 0.6 is 0 Å². The quantitative estimate of drug-likeness (QED) is 0.206. The average molecular weight is 702 g/mol. The van der Waals surface area contributed by atoms with Crippen molar-refractivity contribution in [2.45, 2.75) is 145 Å². The average Bonchev–Trinajstić information content (AvgIpc) is 3.57. The minimum atomic E-state index is -1.18. The molecule has 282 valence electrons. The number of esters is 2. The number of ether oxygens (including phenoxy) is 2. The van der Waals surface area contributed by atoms with E-state index in [2.05, 4.69) is 11.2 Å². The molecule has 2 aliphatic heterocycles. The summed E-state index contributed by atoms with van der Waals surface area (Å²) in [6, 6.07) is -2.78. The van der Waals surface area contributed by atoms with E-state index in [0.717, 1.165) is 0 Å². The van der Waals surface area contributed by atoms with E-state index in [1.807, 2.05) is 41.5 Å². The van der Waals surface area contributed by atoms with Crippen LogP contribution in [-0.2, 0) is 38.2 Å². The maximum absolute atomic E-state index is 14.2. The zero-order valence-electron chi connectivity index (χ0n) is 32.3. The predicted molar refractivity (Wildman–Crippen MR) is 191 cm³/mol. The number of hydrogen-bond donors (Lipinski definition) is 1. The van der Waals surface area contributed by atoms with Gasteiger partial charge in [-0.2, -0.15) is 0 Å². The third kappa shape index (κ3) is 10.1. The minimum Gasteiger partial charge on any atom is -0.460 e. The molecule has 0 bridgehead atoms. The maximum atomic E-state index is 14.2. The Hall–Kier alpha value is -3.42. The fraction of sp³-hybridized carbons (Fsp3) is 0.795. The van der Waals surface area contributed by atoms with Gasteiger partial charge in [-0.25, -0.2) is 4.79 Å². The van der Waals surface area contributed by atoms with Crippen LogP contribution in [0, 0.1) is 53.8 Å². The SMILES string of the molecule is C#CCCCC1OC(=O)C(C(C)CC)N(C)C(=O)C2CCCN2C(=O)C(C(C)C)OC(=O)C(C(C)CC)C(C)C(=O)C(C(C)C)NC(=O)C1C. The number of terminal acetylenes is 1. The second-order valence-corrected chi connectivity index (χ2v) is 15.3. The Bertz CT molecular complexity index is 1260. The van der Waals surface area contributed by atoms with Gasteiger partial charge >= 0.3 is 11.9 Å². The number of carbonyl (C=O) groups is 6. The number of rotatable bonds is 9. The van der Waals surface area contributed by atoms with E-state index >= 15 is 0 Å². The van der Waals surface area contributed by atoms with Crippen molar-refractivity contribution in [1.29, 1.82) is 0 Å². The van der Waals surface area contributed by atoms with Gasteiger partial charge in [0, 0.05) is 25.9 Å². The van der Waals surface area contributed by atoms with Crippen LogP contribution < -0.4 is 5.32 Å². The maximum Gasteiger partial charge on any atom is 0.329 e. The zero-order valence-corrected chi connectivity index (χ0v) is 32.3. The second kappa shape index (κ2) is 19.3. The smallest absolute Gasteiger partial charge is 0.329 e. The number of nitrogens with zero attached hydrogens (tertiary/aromatic N) is 2. The first-order valence-electron chi connectivity index (χ1n) is 18.7. The number of carbonyl (C=O) groups excluding carboxylic acids is 6. The molecule has 2 heterocycles. The van der Waals surface area contributed by atoms with Crippen molar-refractivity contribution < 1.29 is 38.2 Å². The van der Waals surface area contributed by atoms with Crippen LogP contribution in [0.2, 0.25) is 0 Å².